The molecule has 3 heteroatoms. The lowest BCUT2D eigenvalue weighted by Gasteiger charge is -2.16. The Balaban J connectivity index is 2.16. The summed E-state index contributed by atoms with van der Waals surface area (Å²) in [4.78, 5) is 11.7. The van der Waals surface area contributed by atoms with Gasteiger partial charge in [0.05, 0.1) is 13.0 Å². The van der Waals surface area contributed by atoms with Gasteiger partial charge in [-0.2, -0.15) is 0 Å². The number of hydrogen-bond acceptors (Lipinski definition) is 3. The van der Waals surface area contributed by atoms with E-state index in [1.807, 2.05) is 62.4 Å². The summed E-state index contributed by atoms with van der Waals surface area (Å²) in [6.45, 7) is 4.32. The van der Waals surface area contributed by atoms with Gasteiger partial charge in [0.2, 0.25) is 0 Å². The highest BCUT2D eigenvalue weighted by Crippen LogP contribution is 2.28. The van der Waals surface area contributed by atoms with Crippen molar-refractivity contribution >= 4 is 5.97 Å². The molecule has 0 aliphatic heterocycles. The monoisotopic (exact) mass is 284 g/mol. The molecule has 0 aliphatic rings. The molecule has 0 bridgehead atoms. The van der Waals surface area contributed by atoms with Gasteiger partial charge in [0, 0.05) is 0 Å². The fourth-order valence-corrected chi connectivity index (χ4v) is 2.30. The van der Waals surface area contributed by atoms with E-state index in [4.69, 9.17) is 9.47 Å². The number of rotatable bonds is 5. The number of hydrogen-bond donors (Lipinski definition) is 0. The Labute approximate surface area is 125 Å². The molecular weight excluding hydrogens is 264 g/mol. The Bertz CT molecular complexity index is 605. The summed E-state index contributed by atoms with van der Waals surface area (Å²) in [6, 6.07) is 15.8. The molecule has 0 radical (unpaired) electrons. The van der Waals surface area contributed by atoms with Gasteiger partial charge < -0.3 is 9.47 Å². The molecule has 1 atom stereocenters. The predicted octanol–water partition coefficient (Wildman–Crippen LogP) is 3.85. The van der Waals surface area contributed by atoms with Crippen molar-refractivity contribution in [3.8, 4) is 5.75 Å². The van der Waals surface area contributed by atoms with E-state index in [0.717, 1.165) is 22.4 Å². The van der Waals surface area contributed by atoms with Gasteiger partial charge in [-0.25, -0.2) is 0 Å². The van der Waals surface area contributed by atoms with E-state index in [2.05, 4.69) is 0 Å². The van der Waals surface area contributed by atoms with Gasteiger partial charge in [-0.05, 0) is 36.6 Å². The summed E-state index contributed by atoms with van der Waals surface area (Å²) in [5, 5.41) is 0. The smallest absolute Gasteiger partial charge is 0.312 e. The fraction of sp³-hybridized carbons (Fsp3) is 0.278. The predicted molar refractivity (Wildman–Crippen MR) is 82.4 cm³/mol. The van der Waals surface area contributed by atoms with Gasteiger partial charge in [0.25, 0.3) is 0 Å². The van der Waals surface area contributed by atoms with Crippen molar-refractivity contribution in [2.45, 2.75) is 26.4 Å². The molecule has 21 heavy (non-hydrogen) atoms. The third-order valence-electron chi connectivity index (χ3n) is 3.58. The average Bonchev–Trinajstić information content (AvgIpc) is 2.53. The summed E-state index contributed by atoms with van der Waals surface area (Å²) in [5.74, 6) is 0.265. The zero-order chi connectivity index (χ0) is 15.2. The Morgan fingerprint density at radius 3 is 2.48 bits per heavy atom. The molecule has 0 spiro atoms. The lowest BCUT2D eigenvalue weighted by atomic mass is 9.96. The lowest BCUT2D eigenvalue weighted by molar-refractivity contribution is -0.142. The molecule has 0 aromatic heterocycles. The zero-order valence-corrected chi connectivity index (χ0v) is 12.6. The maximum absolute atomic E-state index is 11.7. The second kappa shape index (κ2) is 6.93. The molecule has 0 fully saturated rings. The lowest BCUT2D eigenvalue weighted by Crippen LogP contribution is -2.12. The summed E-state index contributed by atoms with van der Waals surface area (Å²) in [5.41, 5.74) is 3.03. The first-order chi connectivity index (χ1) is 10.1. The van der Waals surface area contributed by atoms with Crippen molar-refractivity contribution in [1.82, 2.24) is 0 Å². The molecule has 3 nitrogen and oxygen atoms in total. The van der Waals surface area contributed by atoms with Gasteiger partial charge in [0.15, 0.2) is 0 Å². The maximum atomic E-state index is 11.7. The van der Waals surface area contributed by atoms with Crippen LogP contribution in [0.5, 0.6) is 5.75 Å². The van der Waals surface area contributed by atoms with Crippen molar-refractivity contribution < 1.29 is 14.3 Å². The van der Waals surface area contributed by atoms with Crippen LogP contribution in [0.2, 0.25) is 0 Å². The molecule has 0 amide bonds. The number of ether oxygens (including phenoxy) is 2. The van der Waals surface area contributed by atoms with Crippen LogP contribution in [0.1, 0.15) is 29.5 Å². The SMILES string of the molecule is COC(=O)C(C)c1cccc(OCc2ccccc2)c1C. The maximum Gasteiger partial charge on any atom is 0.312 e. The fourth-order valence-electron chi connectivity index (χ4n) is 2.30. The zero-order valence-electron chi connectivity index (χ0n) is 12.6. The Hall–Kier alpha value is -2.29. The van der Waals surface area contributed by atoms with Crippen LogP contribution in [-0.2, 0) is 16.1 Å². The second-order valence-corrected chi connectivity index (χ2v) is 4.99. The van der Waals surface area contributed by atoms with Gasteiger partial charge in [0.1, 0.15) is 12.4 Å². The van der Waals surface area contributed by atoms with Crippen LogP contribution in [-0.4, -0.2) is 13.1 Å². The highest BCUT2D eigenvalue weighted by Gasteiger charge is 2.19. The van der Waals surface area contributed by atoms with E-state index in [-0.39, 0.29) is 11.9 Å². The standard InChI is InChI=1S/C18H20O3/c1-13-16(14(2)18(19)20-3)10-7-11-17(13)21-12-15-8-5-4-6-9-15/h4-11,14H,12H2,1-3H3. The topological polar surface area (TPSA) is 35.5 Å². The van der Waals surface area contributed by atoms with E-state index < -0.39 is 0 Å². The number of esters is 1. The molecule has 1 unspecified atom stereocenters. The minimum absolute atomic E-state index is 0.238. The summed E-state index contributed by atoms with van der Waals surface area (Å²) in [6.07, 6.45) is 0. The van der Waals surface area contributed by atoms with Crippen LogP contribution in [0.4, 0.5) is 0 Å². The molecule has 2 aromatic carbocycles. The number of methoxy groups -OCH3 is 1. The third-order valence-corrected chi connectivity index (χ3v) is 3.58. The highest BCUT2D eigenvalue weighted by molar-refractivity contribution is 5.78. The number of carbonyl (C=O) groups excluding carboxylic acids is 1. The first-order valence-electron chi connectivity index (χ1n) is 6.97. The van der Waals surface area contributed by atoms with Crippen molar-refractivity contribution in [1.29, 1.82) is 0 Å². The normalized spacial score (nSPS) is 11.8. The van der Waals surface area contributed by atoms with Gasteiger partial charge in [-0.3, -0.25) is 4.79 Å². The van der Waals surface area contributed by atoms with Crippen molar-refractivity contribution in [2.75, 3.05) is 7.11 Å². The van der Waals surface area contributed by atoms with Crippen LogP contribution in [0.25, 0.3) is 0 Å². The Morgan fingerprint density at radius 1 is 1.10 bits per heavy atom. The molecule has 0 saturated heterocycles. The highest BCUT2D eigenvalue weighted by atomic mass is 16.5. The molecule has 2 rings (SSSR count). The van der Waals surface area contributed by atoms with Gasteiger partial charge in [-0.15, -0.1) is 0 Å². The van der Waals surface area contributed by atoms with Crippen LogP contribution < -0.4 is 4.74 Å². The molecule has 2 aromatic rings. The summed E-state index contributed by atoms with van der Waals surface area (Å²) >= 11 is 0. The Morgan fingerprint density at radius 2 is 1.81 bits per heavy atom. The molecular formula is C18H20O3. The summed E-state index contributed by atoms with van der Waals surface area (Å²) < 4.78 is 10.7. The van der Waals surface area contributed by atoms with Crippen molar-refractivity contribution in [3.63, 3.8) is 0 Å². The van der Waals surface area contributed by atoms with E-state index in [1.165, 1.54) is 7.11 Å². The average molecular weight is 284 g/mol. The molecule has 0 aliphatic carbocycles. The van der Waals surface area contributed by atoms with Crippen molar-refractivity contribution in [2.24, 2.45) is 0 Å². The largest absolute Gasteiger partial charge is 0.489 e. The first kappa shape index (κ1) is 15.1. The number of carbonyl (C=O) groups is 1. The van der Waals surface area contributed by atoms with Gasteiger partial charge in [-0.1, -0.05) is 42.5 Å². The van der Waals surface area contributed by atoms with E-state index >= 15 is 0 Å². The van der Waals surface area contributed by atoms with E-state index in [9.17, 15) is 4.79 Å². The Kier molecular flexibility index (Phi) is 4.99. The molecule has 0 heterocycles. The molecule has 0 saturated carbocycles. The number of benzene rings is 2. The van der Waals surface area contributed by atoms with E-state index in [1.54, 1.807) is 0 Å². The second-order valence-electron chi connectivity index (χ2n) is 4.99. The minimum atomic E-state index is -0.296. The quantitative estimate of drug-likeness (QED) is 0.782. The van der Waals surface area contributed by atoms with Crippen molar-refractivity contribution in [3.05, 3.63) is 65.2 Å². The van der Waals surface area contributed by atoms with E-state index in [0.29, 0.717) is 6.61 Å². The summed E-state index contributed by atoms with van der Waals surface area (Å²) in [7, 11) is 1.41. The molecule has 110 valence electrons. The van der Waals surface area contributed by atoms with Gasteiger partial charge >= 0.3 is 5.97 Å². The van der Waals surface area contributed by atoms with Crippen LogP contribution in [0, 0.1) is 6.92 Å². The molecule has 0 N–H and O–H groups in total. The van der Waals surface area contributed by atoms with Crippen LogP contribution in [0.15, 0.2) is 48.5 Å². The van der Waals surface area contributed by atoms with Crippen LogP contribution in [0.3, 0.4) is 0 Å². The first-order valence-corrected chi connectivity index (χ1v) is 6.97. The third kappa shape index (κ3) is 3.63. The minimum Gasteiger partial charge on any atom is -0.489 e. The van der Waals surface area contributed by atoms with Crippen LogP contribution >= 0.6 is 0 Å².